The molecular formula is C32H30FN3O3S. The number of nitrogens with one attached hydrogen (secondary N) is 2. The number of anilines is 2. The first-order valence-corrected chi connectivity index (χ1v) is 15.0. The summed E-state index contributed by atoms with van der Waals surface area (Å²) < 4.78 is 41.7. The summed E-state index contributed by atoms with van der Waals surface area (Å²) in [4.78, 5) is 4.58. The minimum Gasteiger partial charge on any atom is -0.489 e. The lowest BCUT2D eigenvalue weighted by Crippen LogP contribution is -2.21. The van der Waals surface area contributed by atoms with Crippen molar-refractivity contribution in [2.24, 2.45) is 0 Å². The number of hydrogen-bond acceptors (Lipinski definition) is 6. The molecule has 6 nitrogen and oxygen atoms in total. The van der Waals surface area contributed by atoms with E-state index in [2.05, 4.69) is 45.9 Å². The van der Waals surface area contributed by atoms with Crippen molar-refractivity contribution in [3.05, 3.63) is 120 Å². The summed E-state index contributed by atoms with van der Waals surface area (Å²) in [6.07, 6.45) is 3.03. The summed E-state index contributed by atoms with van der Waals surface area (Å²) in [5.41, 5.74) is 6.75. The highest BCUT2D eigenvalue weighted by molar-refractivity contribution is 7.90. The van der Waals surface area contributed by atoms with E-state index in [4.69, 9.17) is 4.74 Å². The van der Waals surface area contributed by atoms with Gasteiger partial charge in [-0.1, -0.05) is 48.5 Å². The first-order chi connectivity index (χ1) is 19.3. The molecular weight excluding hydrogens is 525 g/mol. The van der Waals surface area contributed by atoms with E-state index in [1.54, 1.807) is 12.3 Å². The predicted molar refractivity (Wildman–Crippen MR) is 159 cm³/mol. The van der Waals surface area contributed by atoms with Gasteiger partial charge < -0.3 is 15.4 Å². The van der Waals surface area contributed by atoms with Gasteiger partial charge in [0, 0.05) is 42.3 Å². The van der Waals surface area contributed by atoms with Gasteiger partial charge in [-0.15, -0.1) is 0 Å². The van der Waals surface area contributed by atoms with Gasteiger partial charge in [0.05, 0.1) is 11.3 Å². The SMILES string of the molecule is CS(=O)(=O)CCNCc1ccc(-c2ccc3c(Nc4ccc(OCc5cccc(F)c5)cc4)ccnc3c2)cc1. The molecule has 5 rings (SSSR count). The Morgan fingerprint density at radius 2 is 1.62 bits per heavy atom. The zero-order valence-electron chi connectivity index (χ0n) is 22.1. The van der Waals surface area contributed by atoms with Crippen molar-refractivity contribution in [2.75, 3.05) is 23.9 Å². The highest BCUT2D eigenvalue weighted by Crippen LogP contribution is 2.30. The zero-order valence-corrected chi connectivity index (χ0v) is 22.9. The Kier molecular flexibility index (Phi) is 8.38. The van der Waals surface area contributed by atoms with Crippen LogP contribution in [-0.4, -0.2) is 32.0 Å². The van der Waals surface area contributed by atoms with Crippen LogP contribution in [0.25, 0.3) is 22.0 Å². The van der Waals surface area contributed by atoms with Crippen molar-refractivity contribution >= 4 is 32.1 Å². The van der Waals surface area contributed by atoms with Gasteiger partial charge in [-0.2, -0.15) is 0 Å². The number of pyridine rings is 1. The fourth-order valence-electron chi connectivity index (χ4n) is 4.33. The lowest BCUT2D eigenvalue weighted by molar-refractivity contribution is 0.305. The average molecular weight is 556 g/mol. The van der Waals surface area contributed by atoms with Crippen LogP contribution in [0.15, 0.2) is 103 Å². The monoisotopic (exact) mass is 555 g/mol. The van der Waals surface area contributed by atoms with E-state index in [1.165, 1.54) is 18.4 Å². The molecule has 4 aromatic carbocycles. The molecule has 0 bridgehead atoms. The molecule has 0 aliphatic carbocycles. The largest absolute Gasteiger partial charge is 0.489 e. The van der Waals surface area contributed by atoms with Crippen LogP contribution in [0.3, 0.4) is 0 Å². The molecule has 0 amide bonds. The van der Waals surface area contributed by atoms with Gasteiger partial charge in [0.15, 0.2) is 0 Å². The van der Waals surface area contributed by atoms with Crippen molar-refractivity contribution in [1.29, 1.82) is 0 Å². The lowest BCUT2D eigenvalue weighted by atomic mass is 10.0. The number of aromatic nitrogens is 1. The molecule has 0 aliphatic rings. The van der Waals surface area contributed by atoms with Gasteiger partial charge in [-0.3, -0.25) is 4.98 Å². The van der Waals surface area contributed by atoms with E-state index in [1.807, 2.05) is 48.5 Å². The van der Waals surface area contributed by atoms with Crippen molar-refractivity contribution in [1.82, 2.24) is 10.3 Å². The second-order valence-corrected chi connectivity index (χ2v) is 11.9. The standard InChI is InChI=1S/C32H30FN3O3S/c1-40(37,38)18-17-34-21-23-5-7-25(8-6-23)26-9-14-30-31(15-16-35-32(30)20-26)36-28-10-12-29(13-11-28)39-22-24-3-2-4-27(33)19-24/h2-16,19-20,34H,17-18,21-22H2,1H3,(H,35,36). The van der Waals surface area contributed by atoms with Crippen LogP contribution in [0.4, 0.5) is 15.8 Å². The summed E-state index contributed by atoms with van der Waals surface area (Å²) in [5, 5.41) is 7.64. The number of hydrogen-bond donors (Lipinski definition) is 2. The molecule has 0 aliphatic heterocycles. The number of ether oxygens (including phenoxy) is 1. The number of sulfone groups is 1. The minimum atomic E-state index is -2.96. The zero-order chi connectivity index (χ0) is 28.0. The lowest BCUT2D eigenvalue weighted by Gasteiger charge is -2.12. The molecule has 204 valence electrons. The smallest absolute Gasteiger partial charge is 0.148 e. The quantitative estimate of drug-likeness (QED) is 0.181. The van der Waals surface area contributed by atoms with Crippen molar-refractivity contribution in [3.8, 4) is 16.9 Å². The third-order valence-corrected chi connectivity index (χ3v) is 7.38. The third kappa shape index (κ3) is 7.43. The highest BCUT2D eigenvalue weighted by Gasteiger charge is 2.07. The Morgan fingerprint density at radius 3 is 2.38 bits per heavy atom. The van der Waals surface area contributed by atoms with E-state index < -0.39 is 9.84 Å². The molecule has 0 unspecified atom stereocenters. The van der Waals surface area contributed by atoms with Crippen molar-refractivity contribution in [3.63, 3.8) is 0 Å². The van der Waals surface area contributed by atoms with E-state index in [0.717, 1.165) is 44.5 Å². The summed E-state index contributed by atoms with van der Waals surface area (Å²) in [7, 11) is -2.96. The van der Waals surface area contributed by atoms with Gasteiger partial charge in [-0.05, 0) is 70.8 Å². The summed E-state index contributed by atoms with van der Waals surface area (Å²) in [6.45, 7) is 1.35. The molecule has 1 heterocycles. The van der Waals surface area contributed by atoms with E-state index in [-0.39, 0.29) is 11.6 Å². The van der Waals surface area contributed by atoms with Gasteiger partial charge >= 0.3 is 0 Å². The van der Waals surface area contributed by atoms with Crippen LogP contribution in [-0.2, 0) is 23.0 Å². The maximum atomic E-state index is 13.4. The number of halogens is 1. The van der Waals surface area contributed by atoms with Crippen LogP contribution < -0.4 is 15.4 Å². The van der Waals surface area contributed by atoms with E-state index in [0.29, 0.717) is 25.4 Å². The van der Waals surface area contributed by atoms with Gasteiger partial charge in [-0.25, -0.2) is 12.8 Å². The summed E-state index contributed by atoms with van der Waals surface area (Å²) in [6, 6.07) is 30.4. The Balaban J connectivity index is 1.22. The summed E-state index contributed by atoms with van der Waals surface area (Å²) in [5.74, 6) is 0.558. The molecule has 8 heteroatoms. The fraction of sp³-hybridized carbons (Fsp3) is 0.156. The van der Waals surface area contributed by atoms with Gasteiger partial charge in [0.2, 0.25) is 0 Å². The number of fused-ring (bicyclic) bond motifs is 1. The van der Waals surface area contributed by atoms with Gasteiger partial charge in [0.1, 0.15) is 28.0 Å². The average Bonchev–Trinajstić information content (AvgIpc) is 2.95. The molecule has 40 heavy (non-hydrogen) atoms. The number of rotatable bonds is 11. The Hall–Kier alpha value is -4.27. The van der Waals surface area contributed by atoms with Crippen LogP contribution in [0.5, 0.6) is 5.75 Å². The molecule has 0 spiro atoms. The molecule has 2 N–H and O–H groups in total. The first kappa shape index (κ1) is 27.3. The molecule has 0 radical (unpaired) electrons. The van der Waals surface area contributed by atoms with Crippen molar-refractivity contribution in [2.45, 2.75) is 13.2 Å². The molecule has 1 aromatic heterocycles. The third-order valence-electron chi connectivity index (χ3n) is 6.44. The second kappa shape index (κ2) is 12.3. The molecule has 0 fully saturated rings. The first-order valence-electron chi connectivity index (χ1n) is 12.9. The molecule has 0 atom stereocenters. The Labute approximate surface area is 233 Å². The second-order valence-electron chi connectivity index (χ2n) is 9.66. The van der Waals surface area contributed by atoms with Crippen LogP contribution >= 0.6 is 0 Å². The fourth-order valence-corrected chi connectivity index (χ4v) is 4.84. The normalized spacial score (nSPS) is 11.4. The maximum absolute atomic E-state index is 13.4. The Bertz CT molecular complexity index is 1710. The van der Waals surface area contributed by atoms with Crippen LogP contribution in [0, 0.1) is 5.82 Å². The molecule has 0 saturated heterocycles. The minimum absolute atomic E-state index is 0.129. The predicted octanol–water partition coefficient (Wildman–Crippen LogP) is 6.50. The number of benzene rings is 4. The summed E-state index contributed by atoms with van der Waals surface area (Å²) >= 11 is 0. The van der Waals surface area contributed by atoms with Crippen LogP contribution in [0.2, 0.25) is 0 Å². The van der Waals surface area contributed by atoms with E-state index >= 15 is 0 Å². The van der Waals surface area contributed by atoms with Crippen molar-refractivity contribution < 1.29 is 17.5 Å². The highest BCUT2D eigenvalue weighted by atomic mass is 32.2. The van der Waals surface area contributed by atoms with E-state index in [9.17, 15) is 12.8 Å². The molecule has 0 saturated carbocycles. The Morgan fingerprint density at radius 1 is 0.850 bits per heavy atom. The molecule has 5 aromatic rings. The van der Waals surface area contributed by atoms with Crippen LogP contribution in [0.1, 0.15) is 11.1 Å². The topological polar surface area (TPSA) is 80.3 Å². The number of nitrogens with zero attached hydrogens (tertiary/aromatic N) is 1. The van der Waals surface area contributed by atoms with Gasteiger partial charge in [0.25, 0.3) is 0 Å². The maximum Gasteiger partial charge on any atom is 0.148 e.